The SMILES string of the molecule is COc1ccc(-c2ccnn2C)cc1Nc1ncnc2n[nH]c(-c3ccco3)c12. The molecule has 2 N–H and O–H groups in total. The van der Waals surface area contributed by atoms with Gasteiger partial charge in [0.2, 0.25) is 0 Å². The van der Waals surface area contributed by atoms with Gasteiger partial charge in [0.1, 0.15) is 23.6 Å². The Labute approximate surface area is 165 Å². The smallest absolute Gasteiger partial charge is 0.186 e. The molecule has 0 atom stereocenters. The van der Waals surface area contributed by atoms with Gasteiger partial charge in [-0.05, 0) is 36.4 Å². The largest absolute Gasteiger partial charge is 0.495 e. The van der Waals surface area contributed by atoms with Crippen molar-refractivity contribution in [3.63, 3.8) is 0 Å². The van der Waals surface area contributed by atoms with Gasteiger partial charge < -0.3 is 14.5 Å². The van der Waals surface area contributed by atoms with Gasteiger partial charge >= 0.3 is 0 Å². The number of nitrogens with zero attached hydrogens (tertiary/aromatic N) is 5. The van der Waals surface area contributed by atoms with Gasteiger partial charge in [0.25, 0.3) is 0 Å². The summed E-state index contributed by atoms with van der Waals surface area (Å²) in [4.78, 5) is 8.68. The van der Waals surface area contributed by atoms with Crippen LogP contribution in [0.5, 0.6) is 5.75 Å². The first-order valence-corrected chi connectivity index (χ1v) is 8.91. The first-order valence-electron chi connectivity index (χ1n) is 8.91. The lowest BCUT2D eigenvalue weighted by molar-refractivity contribution is 0.417. The lowest BCUT2D eigenvalue weighted by Crippen LogP contribution is -2.00. The van der Waals surface area contributed by atoms with E-state index in [0.29, 0.717) is 28.7 Å². The first-order chi connectivity index (χ1) is 14.2. The molecule has 0 aliphatic heterocycles. The maximum absolute atomic E-state index is 5.55. The van der Waals surface area contributed by atoms with Gasteiger partial charge in [-0.1, -0.05) is 0 Å². The highest BCUT2D eigenvalue weighted by Crippen LogP contribution is 2.36. The molecule has 0 aliphatic rings. The summed E-state index contributed by atoms with van der Waals surface area (Å²) in [6.07, 6.45) is 4.84. The van der Waals surface area contributed by atoms with Crippen molar-refractivity contribution < 1.29 is 9.15 Å². The van der Waals surface area contributed by atoms with Gasteiger partial charge in [0, 0.05) is 18.8 Å². The van der Waals surface area contributed by atoms with Crippen LogP contribution in [0.2, 0.25) is 0 Å². The highest BCUT2D eigenvalue weighted by atomic mass is 16.5. The molecule has 0 spiro atoms. The third-order valence-electron chi connectivity index (χ3n) is 4.69. The summed E-state index contributed by atoms with van der Waals surface area (Å²) >= 11 is 0. The molecule has 0 aliphatic carbocycles. The monoisotopic (exact) mass is 387 g/mol. The van der Waals surface area contributed by atoms with E-state index in [1.807, 2.05) is 48.1 Å². The van der Waals surface area contributed by atoms with Gasteiger partial charge in [-0.3, -0.25) is 9.78 Å². The Morgan fingerprint density at radius 1 is 1.17 bits per heavy atom. The molecule has 9 nitrogen and oxygen atoms in total. The molecule has 29 heavy (non-hydrogen) atoms. The molecule has 0 bridgehead atoms. The van der Waals surface area contributed by atoms with E-state index in [1.165, 1.54) is 6.33 Å². The van der Waals surface area contributed by atoms with Crippen LogP contribution in [0.3, 0.4) is 0 Å². The Hall–Kier alpha value is -4.14. The first kappa shape index (κ1) is 17.0. The minimum Gasteiger partial charge on any atom is -0.495 e. The summed E-state index contributed by atoms with van der Waals surface area (Å²) in [5, 5.41) is 15.6. The summed E-state index contributed by atoms with van der Waals surface area (Å²) in [6, 6.07) is 11.5. The number of methoxy groups -OCH3 is 1. The fraction of sp³-hybridized carbons (Fsp3) is 0.100. The van der Waals surface area contributed by atoms with Crippen LogP contribution in [0, 0.1) is 0 Å². The van der Waals surface area contributed by atoms with Crippen LogP contribution in [0.25, 0.3) is 33.7 Å². The maximum atomic E-state index is 5.55. The fourth-order valence-corrected chi connectivity index (χ4v) is 3.30. The predicted molar refractivity (Wildman–Crippen MR) is 108 cm³/mol. The molecule has 144 valence electrons. The number of fused-ring (bicyclic) bond motifs is 1. The van der Waals surface area contributed by atoms with Gasteiger partial charge in [0.15, 0.2) is 11.4 Å². The summed E-state index contributed by atoms with van der Waals surface area (Å²) < 4.78 is 12.9. The molecular weight excluding hydrogens is 370 g/mol. The van der Waals surface area contributed by atoms with E-state index in [9.17, 15) is 0 Å². The maximum Gasteiger partial charge on any atom is 0.186 e. The lowest BCUT2D eigenvalue weighted by Gasteiger charge is -2.13. The number of aryl methyl sites for hydroxylation is 1. The molecule has 4 aromatic heterocycles. The molecule has 0 saturated heterocycles. The Morgan fingerprint density at radius 2 is 2.10 bits per heavy atom. The molecule has 0 saturated carbocycles. The molecule has 5 rings (SSSR count). The molecule has 1 aromatic carbocycles. The van der Waals surface area contributed by atoms with E-state index in [-0.39, 0.29) is 0 Å². The molecule has 9 heteroatoms. The Morgan fingerprint density at radius 3 is 2.86 bits per heavy atom. The number of anilines is 2. The average molecular weight is 387 g/mol. The molecule has 0 radical (unpaired) electrons. The fourth-order valence-electron chi connectivity index (χ4n) is 3.30. The van der Waals surface area contributed by atoms with Gasteiger partial charge in [-0.15, -0.1) is 0 Å². The van der Waals surface area contributed by atoms with Crippen LogP contribution in [0.15, 0.2) is 59.6 Å². The molecule has 4 heterocycles. The van der Waals surface area contributed by atoms with Crippen LogP contribution in [0.4, 0.5) is 11.5 Å². The molecule has 0 amide bonds. The number of hydrogen-bond acceptors (Lipinski definition) is 7. The van der Waals surface area contributed by atoms with Crippen molar-refractivity contribution in [1.82, 2.24) is 29.9 Å². The van der Waals surface area contributed by atoms with Gasteiger partial charge in [-0.25, -0.2) is 9.97 Å². The average Bonchev–Trinajstić information content (AvgIpc) is 3.48. The van der Waals surface area contributed by atoms with Crippen molar-refractivity contribution in [3.8, 4) is 28.5 Å². The molecular formula is C20H17N7O2. The number of hydrogen-bond donors (Lipinski definition) is 2. The van der Waals surface area contributed by atoms with Crippen molar-refractivity contribution in [2.45, 2.75) is 0 Å². The second kappa shape index (κ2) is 6.79. The van der Waals surface area contributed by atoms with E-state index >= 15 is 0 Å². The van der Waals surface area contributed by atoms with Crippen LogP contribution in [0.1, 0.15) is 0 Å². The quantitative estimate of drug-likeness (QED) is 0.473. The van der Waals surface area contributed by atoms with Crippen molar-refractivity contribution in [3.05, 3.63) is 55.2 Å². The van der Waals surface area contributed by atoms with Crippen LogP contribution >= 0.6 is 0 Å². The van der Waals surface area contributed by atoms with Crippen molar-refractivity contribution in [2.75, 3.05) is 12.4 Å². The Bertz CT molecular complexity index is 1290. The topological polar surface area (TPSA) is 107 Å². The van der Waals surface area contributed by atoms with Crippen LogP contribution < -0.4 is 10.1 Å². The summed E-state index contributed by atoms with van der Waals surface area (Å²) in [5.74, 6) is 1.93. The van der Waals surface area contributed by atoms with Crippen LogP contribution in [-0.4, -0.2) is 37.1 Å². The van der Waals surface area contributed by atoms with E-state index in [4.69, 9.17) is 9.15 Å². The van der Waals surface area contributed by atoms with Crippen LogP contribution in [-0.2, 0) is 7.05 Å². The standard InChI is InChI=1S/C20H17N7O2/c1-27-14(7-8-23-27)12-5-6-15(28-2)13(10-12)24-19-17-18(16-4-3-9-29-16)25-26-20(17)22-11-21-19/h3-11H,1-2H3,(H2,21,22,24,25,26). The number of rotatable bonds is 5. The zero-order chi connectivity index (χ0) is 19.8. The van der Waals surface area contributed by atoms with Crippen molar-refractivity contribution in [1.29, 1.82) is 0 Å². The van der Waals surface area contributed by atoms with E-state index in [1.54, 1.807) is 19.6 Å². The number of aromatic nitrogens is 6. The van der Waals surface area contributed by atoms with E-state index < -0.39 is 0 Å². The minimum atomic E-state index is 0.538. The third-order valence-corrected chi connectivity index (χ3v) is 4.69. The van der Waals surface area contributed by atoms with E-state index in [0.717, 1.165) is 22.3 Å². The van der Waals surface area contributed by atoms with Gasteiger partial charge in [-0.2, -0.15) is 10.2 Å². The number of nitrogens with one attached hydrogen (secondary N) is 2. The highest BCUT2D eigenvalue weighted by Gasteiger charge is 2.17. The lowest BCUT2D eigenvalue weighted by atomic mass is 10.1. The second-order valence-corrected chi connectivity index (χ2v) is 6.38. The normalized spacial score (nSPS) is 11.1. The van der Waals surface area contributed by atoms with E-state index in [2.05, 4.69) is 30.6 Å². The third kappa shape index (κ3) is 2.89. The molecule has 5 aromatic rings. The summed E-state index contributed by atoms with van der Waals surface area (Å²) in [7, 11) is 3.54. The predicted octanol–water partition coefficient (Wildman–Crippen LogP) is 3.77. The number of benzene rings is 1. The summed E-state index contributed by atoms with van der Waals surface area (Å²) in [6.45, 7) is 0. The number of ether oxygens (including phenoxy) is 1. The van der Waals surface area contributed by atoms with Crippen molar-refractivity contribution >= 4 is 22.5 Å². The van der Waals surface area contributed by atoms with Crippen molar-refractivity contribution in [2.24, 2.45) is 7.05 Å². The zero-order valence-electron chi connectivity index (χ0n) is 15.7. The zero-order valence-corrected chi connectivity index (χ0v) is 15.7. The number of furan rings is 1. The molecule has 0 fully saturated rings. The Kier molecular flexibility index (Phi) is 3.98. The second-order valence-electron chi connectivity index (χ2n) is 6.38. The highest BCUT2D eigenvalue weighted by molar-refractivity contribution is 5.99. The minimum absolute atomic E-state index is 0.538. The number of H-pyrrole nitrogens is 1. The Balaban J connectivity index is 1.63. The van der Waals surface area contributed by atoms with Gasteiger partial charge in [0.05, 0.1) is 30.1 Å². The number of aromatic amines is 1. The summed E-state index contributed by atoms with van der Waals surface area (Å²) in [5.41, 5.74) is 3.99. The molecule has 0 unspecified atom stereocenters.